The number of hydrogen-bond acceptors (Lipinski definition) is 7. The van der Waals surface area contributed by atoms with E-state index in [1.165, 1.54) is 4.68 Å². The van der Waals surface area contributed by atoms with Gasteiger partial charge in [-0.1, -0.05) is 17.7 Å². The normalized spacial score (nSPS) is 21.5. The van der Waals surface area contributed by atoms with Gasteiger partial charge < -0.3 is 20.3 Å². The SMILES string of the molecule is CCn1nc(C(=O)NC[C@]2(O)CC[C@@H](S(C)(=O)=O)CC2)c(Cl)c1-c1ccc(C(C)(O)CC(F)(F)F)cc1OC(F)F. The van der Waals surface area contributed by atoms with Gasteiger partial charge >= 0.3 is 12.8 Å². The number of nitrogens with zero attached hydrogens (tertiary/aromatic N) is 2. The van der Waals surface area contributed by atoms with Crippen molar-refractivity contribution in [2.24, 2.45) is 0 Å². The summed E-state index contributed by atoms with van der Waals surface area (Å²) in [5.74, 6) is -1.40. The van der Waals surface area contributed by atoms with Gasteiger partial charge in [-0.3, -0.25) is 9.48 Å². The summed E-state index contributed by atoms with van der Waals surface area (Å²) in [5.41, 5.74) is -4.63. The molecule has 1 fully saturated rings. The van der Waals surface area contributed by atoms with Crippen LogP contribution in [0.5, 0.6) is 5.75 Å². The average molecular weight is 632 g/mol. The smallest absolute Gasteiger partial charge is 0.392 e. The number of aryl methyl sites for hydroxylation is 1. The molecular weight excluding hydrogens is 601 g/mol. The van der Waals surface area contributed by atoms with Crippen LogP contribution in [0.25, 0.3) is 11.3 Å². The minimum atomic E-state index is -4.75. The highest BCUT2D eigenvalue weighted by Gasteiger charge is 2.40. The second-order valence-electron chi connectivity index (χ2n) is 10.4. The Balaban J connectivity index is 1.91. The van der Waals surface area contributed by atoms with Crippen molar-refractivity contribution < 1.29 is 50.1 Å². The average Bonchev–Trinajstić information content (AvgIpc) is 3.16. The Labute approximate surface area is 238 Å². The topological polar surface area (TPSA) is 131 Å². The van der Waals surface area contributed by atoms with Crippen molar-refractivity contribution in [3.05, 3.63) is 34.5 Å². The monoisotopic (exact) mass is 631 g/mol. The van der Waals surface area contributed by atoms with Crippen LogP contribution in [0.15, 0.2) is 18.2 Å². The van der Waals surface area contributed by atoms with E-state index in [0.717, 1.165) is 31.4 Å². The van der Waals surface area contributed by atoms with Gasteiger partial charge in [-0.2, -0.15) is 27.1 Å². The number of benzene rings is 1. The van der Waals surface area contributed by atoms with E-state index >= 15 is 0 Å². The van der Waals surface area contributed by atoms with E-state index in [1.54, 1.807) is 6.92 Å². The van der Waals surface area contributed by atoms with Gasteiger partial charge in [0.05, 0.1) is 33.6 Å². The molecule has 0 aliphatic heterocycles. The van der Waals surface area contributed by atoms with E-state index in [9.17, 15) is 45.4 Å². The van der Waals surface area contributed by atoms with Gasteiger partial charge in [0, 0.05) is 24.9 Å². The minimum absolute atomic E-state index is 0.0376. The molecule has 1 amide bonds. The number of carbonyl (C=O) groups is 1. The fraction of sp³-hybridized carbons (Fsp3) is 0.600. The van der Waals surface area contributed by atoms with E-state index in [2.05, 4.69) is 15.2 Å². The second kappa shape index (κ2) is 12.0. The third-order valence-electron chi connectivity index (χ3n) is 7.08. The Morgan fingerprint density at radius 3 is 2.41 bits per heavy atom. The summed E-state index contributed by atoms with van der Waals surface area (Å²) >= 11 is 6.47. The number of halogens is 6. The predicted octanol–water partition coefficient (Wildman–Crippen LogP) is 4.43. The first-order chi connectivity index (χ1) is 18.8. The molecule has 0 saturated heterocycles. The Morgan fingerprint density at radius 1 is 1.29 bits per heavy atom. The first-order valence-corrected chi connectivity index (χ1v) is 14.9. The summed E-state index contributed by atoms with van der Waals surface area (Å²) in [6, 6.07) is 3.08. The summed E-state index contributed by atoms with van der Waals surface area (Å²) in [6.45, 7) is -1.01. The fourth-order valence-electron chi connectivity index (χ4n) is 4.87. The van der Waals surface area contributed by atoms with Gasteiger partial charge in [0.15, 0.2) is 5.69 Å². The quantitative estimate of drug-likeness (QED) is 0.331. The minimum Gasteiger partial charge on any atom is -0.434 e. The van der Waals surface area contributed by atoms with Crippen molar-refractivity contribution in [2.75, 3.05) is 12.8 Å². The molecule has 1 aliphatic carbocycles. The van der Waals surface area contributed by atoms with Crippen LogP contribution in [0, 0.1) is 0 Å². The number of rotatable bonds is 10. The Hall–Kier alpha value is -2.49. The lowest BCUT2D eigenvalue weighted by atomic mass is 9.84. The largest absolute Gasteiger partial charge is 0.434 e. The molecule has 0 spiro atoms. The standard InChI is InChI=1S/C25H31ClF5N3O6S/c1-4-34-20(16-6-5-14(11-17(16)40-22(27)28)23(2,36)12-25(29,30)31)18(26)19(33-34)21(35)32-13-24(37)9-7-15(8-10-24)41(3,38)39/h5-6,11,15,22,36-37H,4,7-10,12-13H2,1-3H3,(H,32,35)/t15-,23?,24+. The molecule has 3 N–H and O–H groups in total. The maximum Gasteiger partial charge on any atom is 0.392 e. The third kappa shape index (κ3) is 8.08. The van der Waals surface area contributed by atoms with Gasteiger partial charge in [0.1, 0.15) is 15.6 Å². The van der Waals surface area contributed by atoms with Crippen LogP contribution < -0.4 is 10.1 Å². The molecule has 41 heavy (non-hydrogen) atoms. The molecule has 2 aromatic rings. The zero-order valence-corrected chi connectivity index (χ0v) is 24.0. The van der Waals surface area contributed by atoms with Crippen molar-refractivity contribution in [3.63, 3.8) is 0 Å². The molecule has 1 saturated carbocycles. The van der Waals surface area contributed by atoms with Crippen molar-refractivity contribution in [1.29, 1.82) is 0 Å². The number of aromatic nitrogens is 2. The van der Waals surface area contributed by atoms with Crippen molar-refractivity contribution in [1.82, 2.24) is 15.1 Å². The molecule has 0 bridgehead atoms. The zero-order chi connectivity index (χ0) is 31.0. The first-order valence-electron chi connectivity index (χ1n) is 12.6. The van der Waals surface area contributed by atoms with E-state index in [-0.39, 0.29) is 66.3 Å². The van der Waals surface area contributed by atoms with E-state index in [0.29, 0.717) is 0 Å². The molecular formula is C25H31ClF5N3O6S. The van der Waals surface area contributed by atoms with Gasteiger partial charge in [-0.15, -0.1) is 0 Å². The molecule has 1 aromatic heterocycles. The molecule has 3 rings (SSSR count). The highest BCUT2D eigenvalue weighted by molar-refractivity contribution is 7.91. The van der Waals surface area contributed by atoms with Crippen LogP contribution in [-0.2, 0) is 22.0 Å². The number of aliphatic hydroxyl groups is 2. The number of hydrogen-bond donors (Lipinski definition) is 3. The Morgan fingerprint density at radius 2 is 1.90 bits per heavy atom. The van der Waals surface area contributed by atoms with Crippen molar-refractivity contribution >= 4 is 27.3 Å². The highest BCUT2D eigenvalue weighted by Crippen LogP contribution is 2.42. The Kier molecular flexibility index (Phi) is 9.68. The summed E-state index contributed by atoms with van der Waals surface area (Å²) in [5, 5.41) is 27.1. The van der Waals surface area contributed by atoms with Crippen LogP contribution in [0.2, 0.25) is 5.02 Å². The highest BCUT2D eigenvalue weighted by atomic mass is 35.5. The summed E-state index contributed by atoms with van der Waals surface area (Å²) < 4.78 is 94.9. The number of nitrogens with one attached hydrogen (secondary N) is 1. The maximum atomic E-state index is 13.3. The molecule has 230 valence electrons. The van der Waals surface area contributed by atoms with Crippen molar-refractivity contribution in [3.8, 4) is 17.0 Å². The molecule has 0 radical (unpaired) electrons. The second-order valence-corrected chi connectivity index (χ2v) is 13.1. The van der Waals surface area contributed by atoms with Gasteiger partial charge in [-0.05, 0) is 57.2 Å². The summed E-state index contributed by atoms with van der Waals surface area (Å²) in [4.78, 5) is 13.0. The van der Waals surface area contributed by atoms with E-state index in [4.69, 9.17) is 11.6 Å². The van der Waals surface area contributed by atoms with Crippen LogP contribution in [0.1, 0.15) is 62.0 Å². The third-order valence-corrected chi connectivity index (χ3v) is 9.12. The van der Waals surface area contributed by atoms with Gasteiger partial charge in [0.25, 0.3) is 5.91 Å². The predicted molar refractivity (Wildman–Crippen MR) is 140 cm³/mol. The molecule has 1 atom stereocenters. The van der Waals surface area contributed by atoms with E-state index < -0.39 is 57.2 Å². The summed E-state index contributed by atoms with van der Waals surface area (Å²) in [7, 11) is -3.27. The van der Waals surface area contributed by atoms with Crippen LogP contribution >= 0.6 is 11.6 Å². The van der Waals surface area contributed by atoms with Crippen LogP contribution in [0.3, 0.4) is 0 Å². The molecule has 16 heteroatoms. The number of carbonyl (C=O) groups excluding carboxylic acids is 1. The Bertz CT molecular complexity index is 1370. The molecule has 1 heterocycles. The molecule has 1 unspecified atom stereocenters. The molecule has 1 aliphatic rings. The first kappa shape index (κ1) is 33.0. The van der Waals surface area contributed by atoms with Gasteiger partial charge in [0.2, 0.25) is 0 Å². The lowest BCUT2D eigenvalue weighted by molar-refractivity contribution is -0.174. The lowest BCUT2D eigenvalue weighted by Crippen LogP contribution is -2.47. The van der Waals surface area contributed by atoms with Gasteiger partial charge in [-0.25, -0.2) is 8.42 Å². The zero-order valence-electron chi connectivity index (χ0n) is 22.4. The number of ether oxygens (including phenoxy) is 1. The number of amides is 1. The summed E-state index contributed by atoms with van der Waals surface area (Å²) in [6.07, 6.45) is -4.56. The molecule has 9 nitrogen and oxygen atoms in total. The van der Waals surface area contributed by atoms with Crippen LogP contribution in [0.4, 0.5) is 22.0 Å². The maximum absolute atomic E-state index is 13.3. The van der Waals surface area contributed by atoms with Crippen molar-refractivity contribution in [2.45, 2.75) is 81.7 Å². The number of sulfone groups is 1. The molecule has 1 aromatic carbocycles. The van der Waals surface area contributed by atoms with E-state index in [1.807, 2.05) is 0 Å². The lowest BCUT2D eigenvalue weighted by Gasteiger charge is -2.35. The number of alkyl halides is 5. The van der Waals surface area contributed by atoms with Crippen LogP contribution in [-0.4, -0.2) is 70.8 Å². The fourth-order valence-corrected chi connectivity index (χ4v) is 6.29.